The van der Waals surface area contributed by atoms with E-state index in [-0.39, 0.29) is 10.6 Å². The number of hydrogen-bond acceptors (Lipinski definition) is 5. The summed E-state index contributed by atoms with van der Waals surface area (Å²) >= 11 is 0. The average molecular weight is 280 g/mol. The predicted molar refractivity (Wildman–Crippen MR) is 58.8 cm³/mol. The predicted octanol–water partition coefficient (Wildman–Crippen LogP) is 0.194. The second-order valence-corrected chi connectivity index (χ2v) is 6.30. The summed E-state index contributed by atoms with van der Waals surface area (Å²) < 4.78 is 55.9. The Morgan fingerprint density at radius 3 is 2.41 bits per heavy atom. The summed E-state index contributed by atoms with van der Waals surface area (Å²) in [5.74, 6) is -0.601. The third-order valence-electron chi connectivity index (χ3n) is 1.78. The van der Waals surface area contributed by atoms with Crippen LogP contribution in [-0.2, 0) is 24.4 Å². The van der Waals surface area contributed by atoms with Gasteiger partial charge >= 0.3 is 10.4 Å². The SMILES string of the molecule is [NH]c1cccc(S(=O)(=O)CCOS(=O)(=O)O)c1. The van der Waals surface area contributed by atoms with Crippen LogP contribution in [0.4, 0.5) is 5.69 Å². The van der Waals surface area contributed by atoms with Crippen LogP contribution in [0, 0.1) is 0 Å². The minimum Gasteiger partial charge on any atom is -0.301 e. The Bertz CT molecular complexity index is 592. The molecular formula is C8H10NO6S2. The van der Waals surface area contributed by atoms with E-state index in [4.69, 9.17) is 10.3 Å². The fraction of sp³-hybridized carbons (Fsp3) is 0.250. The molecule has 1 rings (SSSR count). The molecule has 0 fully saturated rings. The lowest BCUT2D eigenvalue weighted by Gasteiger charge is -2.04. The van der Waals surface area contributed by atoms with E-state index >= 15 is 0 Å². The Balaban J connectivity index is 2.77. The van der Waals surface area contributed by atoms with Gasteiger partial charge in [-0.15, -0.1) is 0 Å². The molecule has 2 N–H and O–H groups in total. The first-order valence-electron chi connectivity index (χ1n) is 4.37. The Kier molecular flexibility index (Phi) is 4.09. The molecule has 0 aromatic heterocycles. The highest BCUT2D eigenvalue weighted by atomic mass is 32.3. The highest BCUT2D eigenvalue weighted by molar-refractivity contribution is 7.91. The van der Waals surface area contributed by atoms with Gasteiger partial charge in [-0.05, 0) is 18.2 Å². The van der Waals surface area contributed by atoms with E-state index in [1.54, 1.807) is 0 Å². The second kappa shape index (κ2) is 5.00. The van der Waals surface area contributed by atoms with Crippen LogP contribution in [0.2, 0.25) is 0 Å². The molecule has 1 radical (unpaired) electrons. The first kappa shape index (κ1) is 13.9. The number of sulfone groups is 1. The van der Waals surface area contributed by atoms with Crippen molar-refractivity contribution in [1.29, 1.82) is 0 Å². The van der Waals surface area contributed by atoms with E-state index in [2.05, 4.69) is 4.18 Å². The Morgan fingerprint density at radius 2 is 1.88 bits per heavy atom. The maximum absolute atomic E-state index is 11.6. The monoisotopic (exact) mass is 280 g/mol. The Morgan fingerprint density at radius 1 is 1.24 bits per heavy atom. The van der Waals surface area contributed by atoms with Crippen LogP contribution >= 0.6 is 0 Å². The Labute approximate surface area is 99.1 Å². The zero-order chi connectivity index (χ0) is 13.1. The molecule has 9 heteroatoms. The topological polar surface area (TPSA) is 122 Å². The molecule has 0 bridgehead atoms. The lowest BCUT2D eigenvalue weighted by atomic mass is 10.3. The van der Waals surface area contributed by atoms with Crippen LogP contribution in [0.1, 0.15) is 0 Å². The van der Waals surface area contributed by atoms with Crippen molar-refractivity contribution >= 4 is 25.9 Å². The molecule has 0 aliphatic carbocycles. The largest absolute Gasteiger partial charge is 0.397 e. The number of hydrogen-bond donors (Lipinski definition) is 1. The first-order chi connectivity index (χ1) is 7.71. The molecule has 0 saturated carbocycles. The zero-order valence-electron chi connectivity index (χ0n) is 8.53. The van der Waals surface area contributed by atoms with Crippen molar-refractivity contribution in [2.24, 2.45) is 0 Å². The molecule has 0 aliphatic heterocycles. The molecule has 0 spiro atoms. The second-order valence-electron chi connectivity index (χ2n) is 3.10. The Hall–Kier alpha value is -1.16. The molecule has 0 heterocycles. The van der Waals surface area contributed by atoms with Crippen LogP contribution in [0.5, 0.6) is 0 Å². The normalized spacial score (nSPS) is 12.5. The first-order valence-corrected chi connectivity index (χ1v) is 7.39. The molecule has 0 unspecified atom stereocenters. The van der Waals surface area contributed by atoms with Crippen LogP contribution < -0.4 is 5.73 Å². The quantitative estimate of drug-likeness (QED) is 0.768. The van der Waals surface area contributed by atoms with Crippen molar-refractivity contribution in [1.82, 2.24) is 5.73 Å². The summed E-state index contributed by atoms with van der Waals surface area (Å²) in [6, 6.07) is 5.25. The summed E-state index contributed by atoms with van der Waals surface area (Å²) in [4.78, 5) is -0.0936. The van der Waals surface area contributed by atoms with Gasteiger partial charge in [-0.1, -0.05) is 6.07 Å². The molecule has 0 aliphatic rings. The van der Waals surface area contributed by atoms with Crippen molar-refractivity contribution in [2.45, 2.75) is 4.90 Å². The lowest BCUT2D eigenvalue weighted by Crippen LogP contribution is -2.15. The van der Waals surface area contributed by atoms with E-state index in [0.29, 0.717) is 0 Å². The van der Waals surface area contributed by atoms with Crippen molar-refractivity contribution < 1.29 is 25.6 Å². The third kappa shape index (κ3) is 4.69. The maximum Gasteiger partial charge on any atom is 0.397 e. The van der Waals surface area contributed by atoms with Gasteiger partial charge in [-0.25, -0.2) is 12.6 Å². The fourth-order valence-corrected chi connectivity index (χ4v) is 2.59. The number of nitrogens with one attached hydrogen (secondary N) is 1. The van der Waals surface area contributed by atoms with Gasteiger partial charge in [-0.3, -0.25) is 4.55 Å². The molecule has 1 aromatic rings. The highest BCUT2D eigenvalue weighted by Crippen LogP contribution is 2.15. The zero-order valence-corrected chi connectivity index (χ0v) is 10.2. The summed E-state index contributed by atoms with van der Waals surface area (Å²) in [5.41, 5.74) is 7.29. The van der Waals surface area contributed by atoms with Gasteiger partial charge in [0.1, 0.15) is 0 Å². The number of benzene rings is 1. The standard InChI is InChI=1S/C8H10NO6S2/c9-7-2-1-3-8(6-7)16(10,11)5-4-15-17(12,13)14/h1-3,6,9H,4-5H2,(H,12,13,14). The van der Waals surface area contributed by atoms with Gasteiger partial charge in [0.15, 0.2) is 9.84 Å². The van der Waals surface area contributed by atoms with Crippen LogP contribution in [0.3, 0.4) is 0 Å². The summed E-state index contributed by atoms with van der Waals surface area (Å²) in [6.07, 6.45) is 0. The molecule has 0 amide bonds. The maximum atomic E-state index is 11.6. The molecule has 95 valence electrons. The van der Waals surface area contributed by atoms with E-state index < -0.39 is 32.6 Å². The van der Waals surface area contributed by atoms with Crippen LogP contribution in [0.15, 0.2) is 29.2 Å². The van der Waals surface area contributed by atoms with Crippen molar-refractivity contribution in [3.05, 3.63) is 24.3 Å². The summed E-state index contributed by atoms with van der Waals surface area (Å²) in [5, 5.41) is 0. The number of rotatable bonds is 5. The fourth-order valence-electron chi connectivity index (χ4n) is 1.06. The van der Waals surface area contributed by atoms with Gasteiger partial charge in [-0.2, -0.15) is 8.42 Å². The highest BCUT2D eigenvalue weighted by Gasteiger charge is 2.16. The van der Waals surface area contributed by atoms with Gasteiger partial charge in [0.2, 0.25) is 0 Å². The molecule has 1 aromatic carbocycles. The molecule has 17 heavy (non-hydrogen) atoms. The minimum atomic E-state index is -4.64. The summed E-state index contributed by atoms with van der Waals surface area (Å²) in [7, 11) is -8.36. The average Bonchev–Trinajstić information content (AvgIpc) is 2.15. The molecule has 0 atom stereocenters. The van der Waals surface area contributed by atoms with Gasteiger partial charge in [0.05, 0.1) is 22.9 Å². The van der Waals surface area contributed by atoms with Crippen molar-refractivity contribution in [2.75, 3.05) is 12.4 Å². The van der Waals surface area contributed by atoms with E-state index in [9.17, 15) is 16.8 Å². The van der Waals surface area contributed by atoms with Crippen molar-refractivity contribution in [3.63, 3.8) is 0 Å². The minimum absolute atomic E-state index is 0.0294. The van der Waals surface area contributed by atoms with E-state index in [1.165, 1.54) is 18.2 Å². The lowest BCUT2D eigenvalue weighted by molar-refractivity contribution is 0.284. The van der Waals surface area contributed by atoms with Crippen LogP contribution in [-0.4, -0.2) is 33.7 Å². The summed E-state index contributed by atoms with van der Waals surface area (Å²) in [6.45, 7) is -0.677. The smallest absolute Gasteiger partial charge is 0.301 e. The van der Waals surface area contributed by atoms with E-state index in [1.807, 2.05) is 0 Å². The van der Waals surface area contributed by atoms with Gasteiger partial charge in [0.25, 0.3) is 0 Å². The molecule has 0 saturated heterocycles. The molecular weight excluding hydrogens is 270 g/mol. The van der Waals surface area contributed by atoms with Gasteiger partial charge < -0.3 is 5.73 Å². The van der Waals surface area contributed by atoms with E-state index in [0.717, 1.165) is 6.07 Å². The van der Waals surface area contributed by atoms with Crippen molar-refractivity contribution in [3.8, 4) is 0 Å². The van der Waals surface area contributed by atoms with Gasteiger partial charge in [0, 0.05) is 0 Å². The van der Waals surface area contributed by atoms with Crippen LogP contribution in [0.25, 0.3) is 0 Å². The molecule has 7 nitrogen and oxygen atoms in total. The third-order valence-corrected chi connectivity index (χ3v) is 3.92.